The Morgan fingerprint density at radius 2 is 0.917 bits per heavy atom. The number of aliphatic carboxylic acids is 2. The molecule has 0 amide bonds. The Balaban J connectivity index is 0.000000360. The highest BCUT2D eigenvalue weighted by Crippen LogP contribution is 2.41. The lowest BCUT2D eigenvalue weighted by molar-refractivity contribution is -0.139. The molecule has 0 saturated carbocycles. The first kappa shape index (κ1) is 30.1. The standard InChI is InChI=1S/2C12H17NO5/c2*1-16-9-5-4-7(6-8(13)12(14)15)10(17-2)11(9)18-3/h2*4-5,8H,6,13H2,1-3H3,(H,14,15)/t2*8-/m00/s1. The molecule has 2 aromatic carbocycles. The van der Waals surface area contributed by atoms with Crippen molar-refractivity contribution in [3.63, 3.8) is 0 Å². The molecule has 0 bridgehead atoms. The van der Waals surface area contributed by atoms with E-state index in [4.69, 9.17) is 50.1 Å². The number of carbonyl (C=O) groups is 2. The number of benzene rings is 2. The number of hydrogen-bond acceptors (Lipinski definition) is 10. The summed E-state index contributed by atoms with van der Waals surface area (Å²) < 4.78 is 31.1. The zero-order chi connectivity index (χ0) is 27.4. The summed E-state index contributed by atoms with van der Waals surface area (Å²) in [6.45, 7) is 0. The summed E-state index contributed by atoms with van der Waals surface area (Å²) in [7, 11) is 8.96. The number of hydrogen-bond donors (Lipinski definition) is 4. The second kappa shape index (κ2) is 14.5. The van der Waals surface area contributed by atoms with Gasteiger partial charge in [0.2, 0.25) is 11.5 Å². The third-order valence-electron chi connectivity index (χ3n) is 5.09. The fourth-order valence-corrected chi connectivity index (χ4v) is 3.30. The summed E-state index contributed by atoms with van der Waals surface area (Å²) in [5.41, 5.74) is 12.3. The lowest BCUT2D eigenvalue weighted by Crippen LogP contribution is -2.32. The molecule has 6 N–H and O–H groups in total. The van der Waals surface area contributed by atoms with Gasteiger partial charge in [-0.05, 0) is 12.1 Å². The van der Waals surface area contributed by atoms with E-state index >= 15 is 0 Å². The third kappa shape index (κ3) is 7.55. The molecule has 0 unspecified atom stereocenters. The minimum absolute atomic E-state index is 0.152. The smallest absolute Gasteiger partial charge is 0.320 e. The largest absolute Gasteiger partial charge is 0.493 e. The highest BCUT2D eigenvalue weighted by Gasteiger charge is 2.21. The lowest BCUT2D eigenvalue weighted by atomic mass is 10.0. The van der Waals surface area contributed by atoms with E-state index in [9.17, 15) is 9.59 Å². The Morgan fingerprint density at radius 1 is 0.611 bits per heavy atom. The quantitative estimate of drug-likeness (QED) is 0.322. The molecule has 0 aliphatic carbocycles. The Kier molecular flexibility index (Phi) is 12.1. The first-order valence-electron chi connectivity index (χ1n) is 10.6. The van der Waals surface area contributed by atoms with Gasteiger partial charge in [-0.1, -0.05) is 12.1 Å². The molecule has 0 aliphatic heterocycles. The van der Waals surface area contributed by atoms with E-state index in [1.165, 1.54) is 42.7 Å². The maximum absolute atomic E-state index is 10.8. The normalized spacial score (nSPS) is 11.8. The number of rotatable bonds is 12. The monoisotopic (exact) mass is 510 g/mol. The van der Waals surface area contributed by atoms with E-state index in [2.05, 4.69) is 0 Å². The van der Waals surface area contributed by atoms with Gasteiger partial charge in [0.05, 0.1) is 42.7 Å². The van der Waals surface area contributed by atoms with E-state index in [0.29, 0.717) is 45.6 Å². The summed E-state index contributed by atoms with van der Waals surface area (Å²) in [5, 5.41) is 17.6. The van der Waals surface area contributed by atoms with Crippen LogP contribution in [0.15, 0.2) is 24.3 Å². The van der Waals surface area contributed by atoms with Gasteiger partial charge in [-0.25, -0.2) is 0 Å². The molecular formula is C24H34N2O10. The molecule has 0 fully saturated rings. The van der Waals surface area contributed by atoms with Crippen LogP contribution in [0, 0.1) is 0 Å². The third-order valence-corrected chi connectivity index (χ3v) is 5.09. The maximum atomic E-state index is 10.8. The van der Waals surface area contributed by atoms with Crippen molar-refractivity contribution in [2.45, 2.75) is 24.9 Å². The van der Waals surface area contributed by atoms with E-state index in [-0.39, 0.29) is 12.8 Å². The first-order valence-corrected chi connectivity index (χ1v) is 10.6. The number of carboxylic acid groups (broad SMARTS) is 2. The molecule has 2 aromatic rings. The van der Waals surface area contributed by atoms with Gasteiger partial charge in [0.25, 0.3) is 0 Å². The van der Waals surface area contributed by atoms with Crippen LogP contribution in [-0.2, 0) is 22.4 Å². The second-order valence-electron chi connectivity index (χ2n) is 7.28. The van der Waals surface area contributed by atoms with Crippen molar-refractivity contribution in [1.82, 2.24) is 0 Å². The predicted octanol–water partition coefficient (Wildman–Crippen LogP) is 1.33. The molecule has 0 radical (unpaired) electrons. The maximum Gasteiger partial charge on any atom is 0.320 e. The summed E-state index contributed by atoms with van der Waals surface area (Å²) in [6, 6.07) is 4.82. The van der Waals surface area contributed by atoms with Crippen molar-refractivity contribution >= 4 is 11.9 Å². The molecule has 0 aliphatic rings. The SMILES string of the molecule is COc1ccc(C[C@H](N)C(=O)O)c(OC)c1OC.COc1ccc(C[C@H](N)C(=O)O)c(OC)c1OC. The van der Waals surface area contributed by atoms with Gasteiger partial charge in [0.15, 0.2) is 23.0 Å². The van der Waals surface area contributed by atoms with Crippen molar-refractivity contribution in [3.05, 3.63) is 35.4 Å². The Labute approximate surface area is 209 Å². The van der Waals surface area contributed by atoms with Crippen LogP contribution in [0.3, 0.4) is 0 Å². The topological polar surface area (TPSA) is 182 Å². The van der Waals surface area contributed by atoms with Crippen LogP contribution >= 0.6 is 0 Å². The van der Waals surface area contributed by atoms with Crippen LogP contribution in [0.4, 0.5) is 0 Å². The summed E-state index contributed by atoms with van der Waals surface area (Å²) in [4.78, 5) is 21.5. The van der Waals surface area contributed by atoms with Gasteiger partial charge in [0, 0.05) is 24.0 Å². The fraction of sp³-hybridized carbons (Fsp3) is 0.417. The van der Waals surface area contributed by atoms with Crippen molar-refractivity contribution in [3.8, 4) is 34.5 Å². The van der Waals surface area contributed by atoms with Crippen LogP contribution in [-0.4, -0.2) is 76.9 Å². The Hall–Kier alpha value is -3.90. The van der Waals surface area contributed by atoms with Crippen molar-refractivity contribution in [2.24, 2.45) is 11.5 Å². The van der Waals surface area contributed by atoms with E-state index in [1.54, 1.807) is 24.3 Å². The van der Waals surface area contributed by atoms with E-state index in [1.807, 2.05) is 0 Å². The van der Waals surface area contributed by atoms with E-state index in [0.717, 1.165) is 0 Å². The van der Waals surface area contributed by atoms with Crippen molar-refractivity contribution in [1.29, 1.82) is 0 Å². The zero-order valence-corrected chi connectivity index (χ0v) is 21.2. The molecule has 2 rings (SSSR count). The van der Waals surface area contributed by atoms with Crippen LogP contribution in [0.1, 0.15) is 11.1 Å². The van der Waals surface area contributed by atoms with Crippen molar-refractivity contribution < 1.29 is 48.2 Å². The average molecular weight is 511 g/mol. The predicted molar refractivity (Wildman–Crippen MR) is 131 cm³/mol. The highest BCUT2D eigenvalue weighted by atomic mass is 16.5. The molecule has 0 spiro atoms. The number of nitrogens with two attached hydrogens (primary N) is 2. The number of carboxylic acids is 2. The molecule has 2 atom stereocenters. The first-order chi connectivity index (χ1) is 17.1. The molecule has 36 heavy (non-hydrogen) atoms. The van der Waals surface area contributed by atoms with Gasteiger partial charge in [0.1, 0.15) is 12.1 Å². The van der Waals surface area contributed by atoms with Crippen LogP contribution in [0.2, 0.25) is 0 Å². The lowest BCUT2D eigenvalue weighted by Gasteiger charge is -2.16. The van der Waals surface area contributed by atoms with Crippen LogP contribution < -0.4 is 39.9 Å². The number of ether oxygens (including phenoxy) is 6. The van der Waals surface area contributed by atoms with E-state index < -0.39 is 24.0 Å². The Bertz CT molecular complexity index is 947. The van der Waals surface area contributed by atoms with Gasteiger partial charge < -0.3 is 50.1 Å². The molecule has 12 heteroatoms. The van der Waals surface area contributed by atoms with Gasteiger partial charge in [-0.3, -0.25) is 9.59 Å². The number of methoxy groups -OCH3 is 6. The fourth-order valence-electron chi connectivity index (χ4n) is 3.30. The van der Waals surface area contributed by atoms with Crippen LogP contribution in [0.25, 0.3) is 0 Å². The molecule has 200 valence electrons. The summed E-state index contributed by atoms with van der Waals surface area (Å²) in [6.07, 6.45) is 0.303. The second-order valence-corrected chi connectivity index (χ2v) is 7.28. The molecule has 12 nitrogen and oxygen atoms in total. The average Bonchev–Trinajstić information content (AvgIpc) is 2.87. The highest BCUT2D eigenvalue weighted by molar-refractivity contribution is 5.74. The zero-order valence-electron chi connectivity index (χ0n) is 21.2. The minimum atomic E-state index is -1.06. The van der Waals surface area contributed by atoms with Crippen molar-refractivity contribution in [2.75, 3.05) is 42.7 Å². The van der Waals surface area contributed by atoms with Crippen LogP contribution in [0.5, 0.6) is 34.5 Å². The molecule has 0 saturated heterocycles. The minimum Gasteiger partial charge on any atom is -0.493 e. The molecular weight excluding hydrogens is 476 g/mol. The Morgan fingerprint density at radius 3 is 1.14 bits per heavy atom. The molecule has 0 aromatic heterocycles. The van der Waals surface area contributed by atoms with Gasteiger partial charge >= 0.3 is 11.9 Å². The van der Waals surface area contributed by atoms with Gasteiger partial charge in [-0.15, -0.1) is 0 Å². The van der Waals surface area contributed by atoms with Gasteiger partial charge in [-0.2, -0.15) is 0 Å². The summed E-state index contributed by atoms with van der Waals surface area (Å²) >= 11 is 0. The molecule has 0 heterocycles. The summed E-state index contributed by atoms with van der Waals surface area (Å²) in [5.74, 6) is 0.634.